The molecule has 0 bridgehead atoms. The molecular weight excluding hydrogens is 102 g/mol. The van der Waals surface area contributed by atoms with Crippen LogP contribution in [0.2, 0.25) is 0 Å². The van der Waals surface area contributed by atoms with Crippen LogP contribution in [0.4, 0.5) is 0 Å². The number of rotatable bonds is 2. The zero-order chi connectivity index (χ0) is 6.15. The smallest absolute Gasteiger partial charge is 0.0694 e. The van der Waals surface area contributed by atoms with E-state index in [1.54, 1.807) is 0 Å². The van der Waals surface area contributed by atoms with E-state index in [1.165, 1.54) is 12.8 Å². The zero-order valence-corrected chi connectivity index (χ0v) is 4.88. The molecule has 47 valence electrons. The molecule has 0 aromatic rings. The molecule has 1 aliphatic rings. The van der Waals surface area contributed by atoms with E-state index < -0.39 is 6.10 Å². The Morgan fingerprint density at radius 2 is 2.12 bits per heavy atom. The average Bonchev–Trinajstić information content (AvgIpc) is 2.43. The van der Waals surface area contributed by atoms with E-state index in [4.69, 9.17) is 10.8 Å². The van der Waals surface area contributed by atoms with Gasteiger partial charge in [-0.05, 0) is 25.7 Å². The molecule has 2 heteroatoms. The van der Waals surface area contributed by atoms with Crippen molar-refractivity contribution in [1.82, 2.24) is 0 Å². The minimum Gasteiger partial charge on any atom is -0.392 e. The molecular formula is C6H12NO. The van der Waals surface area contributed by atoms with E-state index in [2.05, 4.69) is 6.92 Å². The van der Waals surface area contributed by atoms with E-state index in [0.717, 1.165) is 0 Å². The highest BCUT2D eigenvalue weighted by Gasteiger charge is 2.30. The van der Waals surface area contributed by atoms with Crippen molar-refractivity contribution in [1.29, 1.82) is 0 Å². The van der Waals surface area contributed by atoms with Crippen LogP contribution in [0.5, 0.6) is 0 Å². The third-order valence-electron chi connectivity index (χ3n) is 1.61. The van der Waals surface area contributed by atoms with Crippen LogP contribution in [0.25, 0.3) is 0 Å². The van der Waals surface area contributed by atoms with E-state index >= 15 is 0 Å². The lowest BCUT2D eigenvalue weighted by molar-refractivity contribution is 0.178. The molecule has 1 fully saturated rings. The highest BCUT2D eigenvalue weighted by Crippen LogP contribution is 2.32. The first-order valence-electron chi connectivity index (χ1n) is 2.98. The van der Waals surface area contributed by atoms with E-state index in [1.807, 2.05) is 0 Å². The summed E-state index contributed by atoms with van der Waals surface area (Å²) in [5.74, 6) is 0.558. The second-order valence-electron chi connectivity index (χ2n) is 2.48. The van der Waals surface area contributed by atoms with Crippen molar-refractivity contribution in [3.05, 3.63) is 6.92 Å². The topological polar surface area (TPSA) is 46.2 Å². The number of aliphatic hydroxyl groups excluding tert-OH is 1. The van der Waals surface area contributed by atoms with Crippen LogP contribution in [0.15, 0.2) is 0 Å². The third-order valence-corrected chi connectivity index (χ3v) is 1.61. The van der Waals surface area contributed by atoms with Gasteiger partial charge in [0.05, 0.1) is 6.10 Å². The van der Waals surface area contributed by atoms with Gasteiger partial charge in [0.2, 0.25) is 0 Å². The SMILES string of the molecule is [CH2]C(O)C(N)C1CC1. The Balaban J connectivity index is 2.22. The quantitative estimate of drug-likeness (QED) is 0.527. The van der Waals surface area contributed by atoms with Crippen molar-refractivity contribution in [3.8, 4) is 0 Å². The lowest BCUT2D eigenvalue weighted by Gasteiger charge is -2.11. The fraction of sp³-hybridized carbons (Fsp3) is 0.833. The summed E-state index contributed by atoms with van der Waals surface area (Å²) in [6, 6.07) is -0.0741. The van der Waals surface area contributed by atoms with Crippen LogP contribution in [0, 0.1) is 12.8 Å². The second kappa shape index (κ2) is 2.03. The van der Waals surface area contributed by atoms with Crippen molar-refractivity contribution in [2.45, 2.75) is 25.0 Å². The van der Waals surface area contributed by atoms with Gasteiger partial charge < -0.3 is 10.8 Å². The summed E-state index contributed by atoms with van der Waals surface area (Å²) >= 11 is 0. The maximum Gasteiger partial charge on any atom is 0.0694 e. The molecule has 8 heavy (non-hydrogen) atoms. The highest BCUT2D eigenvalue weighted by atomic mass is 16.3. The Morgan fingerprint density at radius 1 is 1.62 bits per heavy atom. The maximum absolute atomic E-state index is 8.80. The van der Waals surface area contributed by atoms with Gasteiger partial charge in [-0.2, -0.15) is 0 Å². The van der Waals surface area contributed by atoms with E-state index in [-0.39, 0.29) is 6.04 Å². The largest absolute Gasteiger partial charge is 0.392 e. The number of nitrogens with two attached hydrogens (primary N) is 1. The minimum absolute atomic E-state index is 0.0741. The third kappa shape index (κ3) is 1.20. The summed E-state index contributed by atoms with van der Waals surface area (Å²) in [6.45, 7) is 3.43. The molecule has 0 spiro atoms. The summed E-state index contributed by atoms with van der Waals surface area (Å²) in [5.41, 5.74) is 5.51. The van der Waals surface area contributed by atoms with Gasteiger partial charge in [0.25, 0.3) is 0 Å². The molecule has 0 aromatic carbocycles. The molecule has 2 atom stereocenters. The molecule has 1 rings (SSSR count). The standard InChI is InChI=1S/C6H12NO/c1-4(8)6(7)5-2-3-5/h4-6,8H,1-3,7H2. The first-order chi connectivity index (χ1) is 3.72. The molecule has 3 N–H and O–H groups in total. The highest BCUT2D eigenvalue weighted by molar-refractivity contribution is 4.89. The summed E-state index contributed by atoms with van der Waals surface area (Å²) in [4.78, 5) is 0. The number of hydrogen-bond donors (Lipinski definition) is 2. The Morgan fingerprint density at radius 3 is 2.25 bits per heavy atom. The lowest BCUT2D eigenvalue weighted by Crippen LogP contribution is -2.34. The van der Waals surface area contributed by atoms with Gasteiger partial charge in [0.1, 0.15) is 0 Å². The summed E-state index contributed by atoms with van der Waals surface area (Å²) in [5, 5.41) is 8.80. The molecule has 1 radical (unpaired) electrons. The zero-order valence-electron chi connectivity index (χ0n) is 4.88. The first-order valence-corrected chi connectivity index (χ1v) is 2.98. The molecule has 1 aliphatic carbocycles. The summed E-state index contributed by atoms with van der Waals surface area (Å²) in [6.07, 6.45) is 1.78. The van der Waals surface area contributed by atoms with Crippen LogP contribution in [-0.2, 0) is 0 Å². The van der Waals surface area contributed by atoms with Crippen LogP contribution in [-0.4, -0.2) is 17.3 Å². The molecule has 0 aliphatic heterocycles. The predicted octanol–water partition coefficient (Wildman–Crippen LogP) is -0.0813. The number of aliphatic hydroxyl groups is 1. The predicted molar refractivity (Wildman–Crippen MR) is 32.1 cm³/mol. The van der Waals surface area contributed by atoms with Gasteiger partial charge >= 0.3 is 0 Å². The molecule has 0 saturated heterocycles. The van der Waals surface area contributed by atoms with Crippen molar-refractivity contribution in [3.63, 3.8) is 0 Å². The van der Waals surface area contributed by atoms with Crippen molar-refractivity contribution < 1.29 is 5.11 Å². The van der Waals surface area contributed by atoms with Crippen molar-refractivity contribution in [2.75, 3.05) is 0 Å². The maximum atomic E-state index is 8.80. The Bertz CT molecular complexity index is 76.6. The second-order valence-corrected chi connectivity index (χ2v) is 2.48. The normalized spacial score (nSPS) is 27.4. The van der Waals surface area contributed by atoms with Gasteiger partial charge in [-0.15, -0.1) is 0 Å². The van der Waals surface area contributed by atoms with E-state index in [0.29, 0.717) is 5.92 Å². The van der Waals surface area contributed by atoms with Crippen LogP contribution >= 0.6 is 0 Å². The molecule has 0 heterocycles. The van der Waals surface area contributed by atoms with Crippen LogP contribution in [0.3, 0.4) is 0 Å². The minimum atomic E-state index is -0.567. The Hall–Kier alpha value is -0.0800. The van der Waals surface area contributed by atoms with Crippen LogP contribution < -0.4 is 5.73 Å². The fourth-order valence-corrected chi connectivity index (χ4v) is 0.795. The number of hydrogen-bond acceptors (Lipinski definition) is 2. The molecule has 2 nitrogen and oxygen atoms in total. The van der Waals surface area contributed by atoms with E-state index in [9.17, 15) is 0 Å². The average molecular weight is 114 g/mol. The molecule has 0 aromatic heterocycles. The Labute approximate surface area is 49.7 Å². The van der Waals surface area contributed by atoms with Crippen molar-refractivity contribution in [2.24, 2.45) is 11.7 Å². The molecule has 1 saturated carbocycles. The molecule has 0 amide bonds. The monoisotopic (exact) mass is 114 g/mol. The Kier molecular flexibility index (Phi) is 1.54. The fourth-order valence-electron chi connectivity index (χ4n) is 0.795. The lowest BCUT2D eigenvalue weighted by atomic mass is 10.1. The van der Waals surface area contributed by atoms with Crippen LogP contribution in [0.1, 0.15) is 12.8 Å². The van der Waals surface area contributed by atoms with Gasteiger partial charge in [-0.1, -0.05) is 0 Å². The van der Waals surface area contributed by atoms with Gasteiger partial charge in [0.15, 0.2) is 0 Å². The van der Waals surface area contributed by atoms with Gasteiger partial charge in [-0.25, -0.2) is 0 Å². The van der Waals surface area contributed by atoms with Gasteiger partial charge in [-0.3, -0.25) is 0 Å². The van der Waals surface area contributed by atoms with Crippen molar-refractivity contribution >= 4 is 0 Å². The van der Waals surface area contributed by atoms with Gasteiger partial charge in [0, 0.05) is 6.04 Å². The first kappa shape index (κ1) is 6.05. The molecule has 2 unspecified atom stereocenters. The summed E-state index contributed by atoms with van der Waals surface area (Å²) in [7, 11) is 0. The summed E-state index contributed by atoms with van der Waals surface area (Å²) < 4.78 is 0.